The highest BCUT2D eigenvalue weighted by molar-refractivity contribution is 7.09. The second-order valence-electron chi connectivity index (χ2n) is 4.51. The van der Waals surface area contributed by atoms with Gasteiger partial charge in [0, 0.05) is 18.5 Å². The lowest BCUT2D eigenvalue weighted by molar-refractivity contribution is 0.174. The van der Waals surface area contributed by atoms with Crippen LogP contribution in [0.4, 0.5) is 0 Å². The highest BCUT2D eigenvalue weighted by atomic mass is 32.1. The van der Waals surface area contributed by atoms with Gasteiger partial charge in [-0.05, 0) is 24.1 Å². The first-order valence-corrected chi connectivity index (χ1v) is 7.57. The number of thiazole rings is 1. The normalized spacial score (nSPS) is 12.3. The van der Waals surface area contributed by atoms with E-state index in [4.69, 9.17) is 4.74 Å². The van der Waals surface area contributed by atoms with Gasteiger partial charge in [0.05, 0.1) is 23.9 Å². The molecule has 2 aromatic rings. The van der Waals surface area contributed by atoms with Gasteiger partial charge in [-0.15, -0.1) is 11.3 Å². The number of aromatic nitrogens is 1. The number of hydrogen-bond acceptors (Lipinski definition) is 5. The molecule has 0 bridgehead atoms. The molecular weight excluding hydrogens is 272 g/mol. The molecule has 1 unspecified atom stereocenters. The van der Waals surface area contributed by atoms with E-state index in [1.165, 1.54) is 0 Å². The van der Waals surface area contributed by atoms with Gasteiger partial charge in [-0.25, -0.2) is 4.98 Å². The number of aliphatic hydroxyl groups is 1. The van der Waals surface area contributed by atoms with Crippen molar-refractivity contribution in [2.24, 2.45) is 0 Å². The number of aliphatic hydroxyl groups excluding tert-OH is 1. The number of hydrogen-bond donors (Lipinski definition) is 2. The third kappa shape index (κ3) is 4.03. The minimum absolute atomic E-state index is 0.492. The topological polar surface area (TPSA) is 54.4 Å². The summed E-state index contributed by atoms with van der Waals surface area (Å²) in [7, 11) is 1.62. The number of nitrogens with one attached hydrogen (secondary N) is 1. The zero-order chi connectivity index (χ0) is 14.4. The highest BCUT2D eigenvalue weighted by Crippen LogP contribution is 2.18. The Bertz CT molecular complexity index is 542. The molecule has 108 valence electrons. The molecule has 0 amide bonds. The van der Waals surface area contributed by atoms with Crippen LogP contribution in [0.1, 0.15) is 29.3 Å². The van der Waals surface area contributed by atoms with E-state index in [2.05, 4.69) is 22.6 Å². The summed E-state index contributed by atoms with van der Waals surface area (Å²) in [6.07, 6.45) is 0.422. The summed E-state index contributed by atoms with van der Waals surface area (Å²) in [6.45, 7) is 3.27. The van der Waals surface area contributed by atoms with Crippen molar-refractivity contribution < 1.29 is 9.84 Å². The molecule has 0 spiro atoms. The van der Waals surface area contributed by atoms with Gasteiger partial charge >= 0.3 is 0 Å². The number of benzene rings is 1. The van der Waals surface area contributed by atoms with Crippen molar-refractivity contribution in [2.45, 2.75) is 26.0 Å². The van der Waals surface area contributed by atoms with E-state index < -0.39 is 6.10 Å². The zero-order valence-corrected chi connectivity index (χ0v) is 12.6. The van der Waals surface area contributed by atoms with Gasteiger partial charge in [-0.2, -0.15) is 0 Å². The molecule has 0 saturated carbocycles. The third-order valence-electron chi connectivity index (χ3n) is 3.02. The standard InChI is InChI=1S/C15H20N2O2S/c1-3-15-17-12(10-20-15)8-16-9-14(18)11-5-4-6-13(7-11)19-2/h4-7,10,14,16,18H,3,8-9H2,1-2H3. The molecule has 20 heavy (non-hydrogen) atoms. The molecule has 0 radical (unpaired) electrons. The van der Waals surface area contributed by atoms with E-state index >= 15 is 0 Å². The monoisotopic (exact) mass is 292 g/mol. The van der Waals surface area contributed by atoms with Crippen molar-refractivity contribution in [3.8, 4) is 5.75 Å². The van der Waals surface area contributed by atoms with Crippen LogP contribution in [-0.4, -0.2) is 23.7 Å². The molecule has 5 heteroatoms. The smallest absolute Gasteiger partial charge is 0.119 e. The molecule has 1 aromatic heterocycles. The van der Waals surface area contributed by atoms with Gasteiger partial charge < -0.3 is 15.2 Å². The van der Waals surface area contributed by atoms with Crippen LogP contribution < -0.4 is 10.1 Å². The molecule has 0 fully saturated rings. The molecule has 0 aliphatic rings. The van der Waals surface area contributed by atoms with E-state index in [-0.39, 0.29) is 0 Å². The molecule has 1 atom stereocenters. The van der Waals surface area contributed by atoms with Crippen LogP contribution in [0.15, 0.2) is 29.6 Å². The van der Waals surface area contributed by atoms with Crippen molar-refractivity contribution in [1.82, 2.24) is 10.3 Å². The fraction of sp³-hybridized carbons (Fsp3) is 0.400. The lowest BCUT2D eigenvalue weighted by Gasteiger charge is -2.12. The fourth-order valence-corrected chi connectivity index (χ4v) is 2.64. The Balaban J connectivity index is 1.83. The number of ether oxygens (including phenoxy) is 1. The van der Waals surface area contributed by atoms with Gasteiger partial charge in [0.1, 0.15) is 5.75 Å². The van der Waals surface area contributed by atoms with Crippen LogP contribution in [0.3, 0.4) is 0 Å². The summed E-state index contributed by atoms with van der Waals surface area (Å²) in [6, 6.07) is 7.49. The molecule has 2 rings (SSSR count). The van der Waals surface area contributed by atoms with Crippen LogP contribution in [0.5, 0.6) is 5.75 Å². The van der Waals surface area contributed by atoms with E-state index in [9.17, 15) is 5.11 Å². The molecule has 0 aliphatic carbocycles. The minimum atomic E-state index is -0.547. The molecular formula is C15H20N2O2S. The van der Waals surface area contributed by atoms with Crippen molar-refractivity contribution in [1.29, 1.82) is 0 Å². The zero-order valence-electron chi connectivity index (χ0n) is 11.8. The highest BCUT2D eigenvalue weighted by Gasteiger charge is 2.08. The van der Waals surface area contributed by atoms with E-state index in [1.807, 2.05) is 24.3 Å². The first-order valence-electron chi connectivity index (χ1n) is 6.69. The predicted molar refractivity (Wildman–Crippen MR) is 81.2 cm³/mol. The van der Waals surface area contributed by atoms with Crippen LogP contribution in [0.2, 0.25) is 0 Å². The summed E-state index contributed by atoms with van der Waals surface area (Å²) in [5.41, 5.74) is 1.88. The number of rotatable bonds is 7. The Morgan fingerprint density at radius 3 is 3.00 bits per heavy atom. The SMILES string of the molecule is CCc1nc(CNCC(O)c2cccc(OC)c2)cs1. The first kappa shape index (κ1) is 15.0. The molecule has 1 aromatic carbocycles. The summed E-state index contributed by atoms with van der Waals surface area (Å²) < 4.78 is 5.15. The Hall–Kier alpha value is -1.43. The first-order chi connectivity index (χ1) is 9.72. The second kappa shape index (κ2) is 7.38. The van der Waals surface area contributed by atoms with Gasteiger partial charge in [-0.3, -0.25) is 0 Å². The minimum Gasteiger partial charge on any atom is -0.497 e. The van der Waals surface area contributed by atoms with Gasteiger partial charge in [-0.1, -0.05) is 19.1 Å². The summed E-state index contributed by atoms with van der Waals surface area (Å²) >= 11 is 1.68. The second-order valence-corrected chi connectivity index (χ2v) is 5.45. The van der Waals surface area contributed by atoms with Crippen LogP contribution in [0, 0.1) is 0 Å². The molecule has 0 saturated heterocycles. The Morgan fingerprint density at radius 2 is 2.30 bits per heavy atom. The Morgan fingerprint density at radius 1 is 1.45 bits per heavy atom. The van der Waals surface area contributed by atoms with E-state index in [0.717, 1.165) is 28.4 Å². The summed E-state index contributed by atoms with van der Waals surface area (Å²) in [4.78, 5) is 4.48. The maximum atomic E-state index is 10.1. The summed E-state index contributed by atoms with van der Waals surface area (Å²) in [5.74, 6) is 0.758. The third-order valence-corrected chi connectivity index (χ3v) is 4.07. The maximum absolute atomic E-state index is 10.1. The lowest BCUT2D eigenvalue weighted by Crippen LogP contribution is -2.21. The Kier molecular flexibility index (Phi) is 5.52. The fourth-order valence-electron chi connectivity index (χ4n) is 1.90. The van der Waals surface area contributed by atoms with Crippen molar-refractivity contribution in [2.75, 3.05) is 13.7 Å². The van der Waals surface area contributed by atoms with Crippen LogP contribution >= 0.6 is 11.3 Å². The predicted octanol–water partition coefficient (Wildman–Crippen LogP) is 2.54. The van der Waals surface area contributed by atoms with Gasteiger partial charge in [0.15, 0.2) is 0 Å². The summed E-state index contributed by atoms with van der Waals surface area (Å²) in [5, 5.41) is 16.6. The average molecular weight is 292 g/mol. The van der Waals surface area contributed by atoms with E-state index in [0.29, 0.717) is 13.1 Å². The lowest BCUT2D eigenvalue weighted by atomic mass is 10.1. The number of nitrogens with zero attached hydrogens (tertiary/aromatic N) is 1. The van der Waals surface area contributed by atoms with E-state index in [1.54, 1.807) is 18.4 Å². The van der Waals surface area contributed by atoms with Crippen LogP contribution in [0.25, 0.3) is 0 Å². The molecule has 2 N–H and O–H groups in total. The quantitative estimate of drug-likeness (QED) is 0.823. The van der Waals surface area contributed by atoms with Crippen LogP contribution in [-0.2, 0) is 13.0 Å². The van der Waals surface area contributed by atoms with Gasteiger partial charge in [0.25, 0.3) is 0 Å². The molecule has 1 heterocycles. The Labute approximate surface area is 123 Å². The van der Waals surface area contributed by atoms with Gasteiger partial charge in [0.2, 0.25) is 0 Å². The largest absolute Gasteiger partial charge is 0.497 e. The van der Waals surface area contributed by atoms with Crippen molar-refractivity contribution >= 4 is 11.3 Å². The average Bonchev–Trinajstić information content (AvgIpc) is 2.95. The molecule has 0 aliphatic heterocycles. The van der Waals surface area contributed by atoms with Crippen molar-refractivity contribution in [3.05, 3.63) is 45.9 Å². The number of methoxy groups -OCH3 is 1. The number of aryl methyl sites for hydroxylation is 1. The molecule has 4 nitrogen and oxygen atoms in total. The maximum Gasteiger partial charge on any atom is 0.119 e. The van der Waals surface area contributed by atoms with Crippen molar-refractivity contribution in [3.63, 3.8) is 0 Å².